The minimum Gasteiger partial charge on any atom is -0.491 e. The molecule has 0 bridgehead atoms. The van der Waals surface area contributed by atoms with Crippen LogP contribution in [0.3, 0.4) is 0 Å². The highest BCUT2D eigenvalue weighted by molar-refractivity contribution is 6.05. The van der Waals surface area contributed by atoms with Gasteiger partial charge in [-0.05, 0) is 36.8 Å². The number of rotatable bonds is 7. The molecule has 2 rings (SSSR count). The van der Waals surface area contributed by atoms with Crippen LogP contribution in [0.5, 0.6) is 11.5 Å². The van der Waals surface area contributed by atoms with Crippen molar-refractivity contribution >= 4 is 17.3 Å². The molecular weight excluding hydrogens is 381 g/mol. The molecule has 0 radical (unpaired) electrons. The summed E-state index contributed by atoms with van der Waals surface area (Å²) in [6.07, 6.45) is -4.00. The van der Waals surface area contributed by atoms with Crippen LogP contribution in [0.15, 0.2) is 36.4 Å². The first-order valence-corrected chi connectivity index (χ1v) is 8.15. The molecule has 7 nitrogen and oxygen atoms in total. The van der Waals surface area contributed by atoms with Gasteiger partial charge in [0.25, 0.3) is 5.91 Å². The standard InChI is InChI=1S/C18H17F3N2O5/c1-3-8-28-15-7-5-12(18(19,20)21)10-13(15)22-17(24)11-4-6-16(27-2)14(9-11)23(25)26/h4-7,9-10H,3,8H2,1-2H3,(H,22,24). The molecule has 0 saturated heterocycles. The summed E-state index contributed by atoms with van der Waals surface area (Å²) in [6.45, 7) is 2.06. The highest BCUT2D eigenvalue weighted by Crippen LogP contribution is 2.35. The lowest BCUT2D eigenvalue weighted by atomic mass is 10.1. The summed E-state index contributed by atoms with van der Waals surface area (Å²) in [4.78, 5) is 22.8. The first-order valence-electron chi connectivity index (χ1n) is 8.15. The van der Waals surface area contributed by atoms with Gasteiger partial charge < -0.3 is 14.8 Å². The molecular formula is C18H17F3N2O5. The minimum atomic E-state index is -4.61. The van der Waals surface area contributed by atoms with E-state index in [1.165, 1.54) is 19.2 Å². The third kappa shape index (κ3) is 4.90. The van der Waals surface area contributed by atoms with Crippen LogP contribution in [0.4, 0.5) is 24.5 Å². The maximum absolute atomic E-state index is 13.0. The number of nitrogens with zero attached hydrogens (tertiary/aromatic N) is 1. The lowest BCUT2D eigenvalue weighted by molar-refractivity contribution is -0.385. The van der Waals surface area contributed by atoms with Crippen molar-refractivity contribution in [2.45, 2.75) is 19.5 Å². The second kappa shape index (κ2) is 8.59. The highest BCUT2D eigenvalue weighted by Gasteiger charge is 2.31. The summed E-state index contributed by atoms with van der Waals surface area (Å²) in [7, 11) is 1.24. The molecule has 0 unspecified atom stereocenters. The Balaban J connectivity index is 2.38. The molecule has 0 aliphatic carbocycles. The zero-order valence-corrected chi connectivity index (χ0v) is 15.0. The molecule has 0 aliphatic heterocycles. The Morgan fingerprint density at radius 3 is 2.43 bits per heavy atom. The van der Waals surface area contributed by atoms with Gasteiger partial charge in [0.2, 0.25) is 0 Å². The van der Waals surface area contributed by atoms with Gasteiger partial charge in [0.1, 0.15) is 5.75 Å². The van der Waals surface area contributed by atoms with Gasteiger partial charge in [0.15, 0.2) is 5.75 Å². The van der Waals surface area contributed by atoms with E-state index in [1.807, 2.05) is 6.92 Å². The first kappa shape index (κ1) is 21.0. The number of methoxy groups -OCH3 is 1. The van der Waals surface area contributed by atoms with Crippen molar-refractivity contribution in [3.8, 4) is 11.5 Å². The average molecular weight is 398 g/mol. The highest BCUT2D eigenvalue weighted by atomic mass is 19.4. The SMILES string of the molecule is CCCOc1ccc(C(F)(F)F)cc1NC(=O)c1ccc(OC)c([N+](=O)[O-])c1. The van der Waals surface area contributed by atoms with Crippen molar-refractivity contribution in [1.29, 1.82) is 0 Å². The second-order valence-electron chi connectivity index (χ2n) is 5.66. The van der Waals surface area contributed by atoms with Crippen LogP contribution >= 0.6 is 0 Å². The third-order valence-corrected chi connectivity index (χ3v) is 3.65. The predicted octanol–water partition coefficient (Wildman–Crippen LogP) is 4.66. The molecule has 0 heterocycles. The van der Waals surface area contributed by atoms with Crippen molar-refractivity contribution in [3.63, 3.8) is 0 Å². The van der Waals surface area contributed by atoms with Gasteiger partial charge in [-0.15, -0.1) is 0 Å². The maximum Gasteiger partial charge on any atom is 0.416 e. The second-order valence-corrected chi connectivity index (χ2v) is 5.66. The fraction of sp³-hybridized carbons (Fsp3) is 0.278. The zero-order chi connectivity index (χ0) is 20.9. The normalized spacial score (nSPS) is 11.0. The number of carbonyl (C=O) groups excluding carboxylic acids is 1. The van der Waals surface area contributed by atoms with E-state index in [0.717, 1.165) is 24.3 Å². The molecule has 2 aromatic rings. The van der Waals surface area contributed by atoms with Crippen LogP contribution < -0.4 is 14.8 Å². The van der Waals surface area contributed by atoms with Gasteiger partial charge in [-0.2, -0.15) is 13.2 Å². The molecule has 0 spiro atoms. The summed E-state index contributed by atoms with van der Waals surface area (Å²) in [5, 5.41) is 13.4. The number of ether oxygens (including phenoxy) is 2. The van der Waals surface area contributed by atoms with Crippen LogP contribution in [-0.2, 0) is 6.18 Å². The zero-order valence-electron chi connectivity index (χ0n) is 15.0. The van der Waals surface area contributed by atoms with Crippen LogP contribution in [0.2, 0.25) is 0 Å². The number of carbonyl (C=O) groups is 1. The van der Waals surface area contributed by atoms with Crippen LogP contribution in [0, 0.1) is 10.1 Å². The van der Waals surface area contributed by atoms with E-state index >= 15 is 0 Å². The number of nitro groups is 1. The molecule has 1 amide bonds. The molecule has 2 aromatic carbocycles. The summed E-state index contributed by atoms with van der Waals surface area (Å²) in [5.74, 6) is -0.815. The number of nitrogens with one attached hydrogen (secondary N) is 1. The fourth-order valence-electron chi connectivity index (χ4n) is 2.31. The number of alkyl halides is 3. The number of hydrogen-bond donors (Lipinski definition) is 1. The third-order valence-electron chi connectivity index (χ3n) is 3.65. The van der Waals surface area contributed by atoms with Crippen molar-refractivity contribution in [2.24, 2.45) is 0 Å². The number of amides is 1. The molecule has 10 heteroatoms. The van der Waals surface area contributed by atoms with E-state index in [2.05, 4.69) is 5.32 Å². The average Bonchev–Trinajstić information content (AvgIpc) is 2.65. The molecule has 1 N–H and O–H groups in total. The monoisotopic (exact) mass is 398 g/mol. The van der Waals surface area contributed by atoms with Gasteiger partial charge in [-0.3, -0.25) is 14.9 Å². The minimum absolute atomic E-state index is 0.0485. The smallest absolute Gasteiger partial charge is 0.416 e. The fourth-order valence-corrected chi connectivity index (χ4v) is 2.31. The number of benzene rings is 2. The van der Waals surface area contributed by atoms with Crippen LogP contribution in [-0.4, -0.2) is 24.5 Å². The van der Waals surface area contributed by atoms with E-state index in [-0.39, 0.29) is 29.4 Å². The van der Waals surface area contributed by atoms with Gasteiger partial charge in [0.05, 0.1) is 29.9 Å². The number of hydrogen-bond acceptors (Lipinski definition) is 5. The molecule has 0 saturated carbocycles. The number of anilines is 1. The van der Waals surface area contributed by atoms with E-state index < -0.39 is 28.3 Å². The summed E-state index contributed by atoms with van der Waals surface area (Å²) in [5.41, 5.74) is -1.72. The maximum atomic E-state index is 13.0. The Kier molecular flexibility index (Phi) is 6.45. The van der Waals surface area contributed by atoms with Crippen molar-refractivity contribution in [1.82, 2.24) is 0 Å². The largest absolute Gasteiger partial charge is 0.491 e. The summed E-state index contributed by atoms with van der Waals surface area (Å²) in [6, 6.07) is 6.19. The molecule has 150 valence electrons. The molecule has 0 fully saturated rings. The van der Waals surface area contributed by atoms with E-state index in [0.29, 0.717) is 6.42 Å². The van der Waals surface area contributed by atoms with E-state index in [1.54, 1.807) is 0 Å². The molecule has 0 aliphatic rings. The van der Waals surface area contributed by atoms with E-state index in [9.17, 15) is 28.1 Å². The van der Waals surface area contributed by atoms with E-state index in [4.69, 9.17) is 9.47 Å². The Labute approximate surface area is 158 Å². The lowest BCUT2D eigenvalue weighted by Crippen LogP contribution is -2.15. The lowest BCUT2D eigenvalue weighted by Gasteiger charge is -2.15. The summed E-state index contributed by atoms with van der Waals surface area (Å²) >= 11 is 0. The number of nitro benzene ring substituents is 1. The molecule has 28 heavy (non-hydrogen) atoms. The quantitative estimate of drug-likeness (QED) is 0.541. The summed E-state index contributed by atoms with van der Waals surface area (Å²) < 4.78 is 49.2. The van der Waals surface area contributed by atoms with Crippen molar-refractivity contribution < 1.29 is 32.4 Å². The Morgan fingerprint density at radius 2 is 1.86 bits per heavy atom. The van der Waals surface area contributed by atoms with Gasteiger partial charge >= 0.3 is 11.9 Å². The first-order chi connectivity index (χ1) is 13.2. The van der Waals surface area contributed by atoms with Crippen molar-refractivity contribution in [2.75, 3.05) is 19.0 Å². The Morgan fingerprint density at radius 1 is 1.18 bits per heavy atom. The molecule has 0 atom stereocenters. The number of halogens is 3. The Hall–Kier alpha value is -3.30. The van der Waals surface area contributed by atoms with Crippen LogP contribution in [0.25, 0.3) is 0 Å². The molecule has 0 aromatic heterocycles. The Bertz CT molecular complexity index is 884. The van der Waals surface area contributed by atoms with Gasteiger partial charge in [-0.1, -0.05) is 6.92 Å². The van der Waals surface area contributed by atoms with Gasteiger partial charge in [-0.25, -0.2) is 0 Å². The van der Waals surface area contributed by atoms with Gasteiger partial charge in [0, 0.05) is 11.6 Å². The van der Waals surface area contributed by atoms with Crippen LogP contribution in [0.1, 0.15) is 29.3 Å². The van der Waals surface area contributed by atoms with Crippen molar-refractivity contribution in [3.05, 3.63) is 57.6 Å². The predicted molar refractivity (Wildman–Crippen MR) is 94.8 cm³/mol. The topological polar surface area (TPSA) is 90.7 Å².